The van der Waals surface area contributed by atoms with Crippen LogP contribution in [0.5, 0.6) is 0 Å². The molecule has 1 heterocycles. The van der Waals surface area contributed by atoms with Gasteiger partial charge < -0.3 is 4.90 Å². The summed E-state index contributed by atoms with van der Waals surface area (Å²) in [6, 6.07) is 7.66. The molecule has 1 aromatic rings. The van der Waals surface area contributed by atoms with Crippen molar-refractivity contribution < 1.29 is 13.2 Å². The molecule has 1 unspecified atom stereocenters. The van der Waals surface area contributed by atoms with Crippen LogP contribution < -0.4 is 4.90 Å². The monoisotopic (exact) mass is 293 g/mol. The molecule has 1 aliphatic rings. The van der Waals surface area contributed by atoms with Crippen LogP contribution in [0, 0.1) is 0 Å². The van der Waals surface area contributed by atoms with E-state index in [0.717, 1.165) is 24.1 Å². The summed E-state index contributed by atoms with van der Waals surface area (Å²) in [7, 11) is -3.47. The molecule has 1 atom stereocenters. The molecule has 4 nitrogen and oxygen atoms in total. The molecule has 0 fully saturated rings. The number of carbonyl (C=O) groups is 1. The Hall–Kier alpha value is -1.62. The standard InChI is InChI=1S/C15H19NO3S/c1-3-11-20(18,19)12(2)15(17)16-10-6-8-13-7-4-5-9-14(13)16/h3-5,7,9,12H,1,6,8,10-11H2,2H3. The van der Waals surface area contributed by atoms with Crippen molar-refractivity contribution in [2.45, 2.75) is 25.0 Å². The summed E-state index contributed by atoms with van der Waals surface area (Å²) in [4.78, 5) is 14.1. The summed E-state index contributed by atoms with van der Waals surface area (Å²) in [5.74, 6) is -0.519. The second kappa shape index (κ2) is 5.79. The molecule has 2 rings (SSSR count). The van der Waals surface area contributed by atoms with Gasteiger partial charge in [-0.15, -0.1) is 6.58 Å². The number of aryl methyl sites for hydroxylation is 1. The van der Waals surface area contributed by atoms with E-state index in [4.69, 9.17) is 0 Å². The van der Waals surface area contributed by atoms with Crippen molar-refractivity contribution in [3.05, 3.63) is 42.5 Å². The van der Waals surface area contributed by atoms with Gasteiger partial charge in [-0.3, -0.25) is 4.79 Å². The maximum absolute atomic E-state index is 12.5. The third kappa shape index (κ3) is 2.77. The Labute approximate surface area is 120 Å². The van der Waals surface area contributed by atoms with Crippen LogP contribution in [0.3, 0.4) is 0 Å². The van der Waals surface area contributed by atoms with E-state index in [-0.39, 0.29) is 11.7 Å². The lowest BCUT2D eigenvalue weighted by atomic mass is 10.0. The van der Waals surface area contributed by atoms with Crippen LogP contribution in [0.2, 0.25) is 0 Å². The number of amides is 1. The number of fused-ring (bicyclic) bond motifs is 1. The van der Waals surface area contributed by atoms with Gasteiger partial charge in [-0.05, 0) is 31.4 Å². The molecule has 0 saturated carbocycles. The average molecular weight is 293 g/mol. The number of carbonyl (C=O) groups excluding carboxylic acids is 1. The Morgan fingerprint density at radius 3 is 2.85 bits per heavy atom. The lowest BCUT2D eigenvalue weighted by molar-refractivity contribution is -0.118. The normalized spacial score (nSPS) is 16.4. The van der Waals surface area contributed by atoms with Gasteiger partial charge in [0.15, 0.2) is 9.84 Å². The second-order valence-electron chi connectivity index (χ2n) is 4.98. The van der Waals surface area contributed by atoms with E-state index in [1.54, 1.807) is 4.90 Å². The van der Waals surface area contributed by atoms with Gasteiger partial charge >= 0.3 is 0 Å². The fourth-order valence-electron chi connectivity index (χ4n) is 2.44. The molecule has 20 heavy (non-hydrogen) atoms. The van der Waals surface area contributed by atoms with Crippen LogP contribution >= 0.6 is 0 Å². The van der Waals surface area contributed by atoms with Gasteiger partial charge in [0.1, 0.15) is 5.25 Å². The van der Waals surface area contributed by atoms with E-state index < -0.39 is 15.1 Å². The van der Waals surface area contributed by atoms with Crippen LogP contribution in [-0.2, 0) is 21.1 Å². The summed E-state index contributed by atoms with van der Waals surface area (Å²) in [6.45, 7) is 5.46. The molecule has 1 aliphatic heterocycles. The van der Waals surface area contributed by atoms with E-state index in [9.17, 15) is 13.2 Å². The average Bonchev–Trinajstić information content (AvgIpc) is 2.45. The fraction of sp³-hybridized carbons (Fsp3) is 0.400. The minimum absolute atomic E-state index is 0.171. The van der Waals surface area contributed by atoms with E-state index >= 15 is 0 Å². The lowest BCUT2D eigenvalue weighted by Crippen LogP contribution is -2.44. The van der Waals surface area contributed by atoms with Crippen molar-refractivity contribution in [2.24, 2.45) is 0 Å². The molecular weight excluding hydrogens is 274 g/mol. The SMILES string of the molecule is C=CCS(=O)(=O)C(C)C(=O)N1CCCc2ccccc21. The Bertz CT molecular complexity index is 622. The molecule has 0 saturated heterocycles. The van der Waals surface area contributed by atoms with E-state index in [1.807, 2.05) is 24.3 Å². The van der Waals surface area contributed by atoms with Gasteiger partial charge in [-0.1, -0.05) is 24.3 Å². The molecule has 0 radical (unpaired) electrons. The smallest absolute Gasteiger partial charge is 0.245 e. The fourth-order valence-corrected chi connectivity index (χ4v) is 3.50. The number of anilines is 1. The van der Waals surface area contributed by atoms with Crippen molar-refractivity contribution in [1.82, 2.24) is 0 Å². The summed E-state index contributed by atoms with van der Waals surface area (Å²) in [6.07, 6.45) is 3.11. The highest BCUT2D eigenvalue weighted by atomic mass is 32.2. The minimum atomic E-state index is -3.47. The van der Waals surface area contributed by atoms with Gasteiger partial charge in [0.25, 0.3) is 0 Å². The zero-order valence-corrected chi connectivity index (χ0v) is 12.4. The quantitative estimate of drug-likeness (QED) is 0.797. The van der Waals surface area contributed by atoms with Gasteiger partial charge in [-0.25, -0.2) is 8.42 Å². The molecule has 1 aromatic carbocycles. The van der Waals surface area contributed by atoms with E-state index in [0.29, 0.717) is 6.54 Å². The summed E-state index contributed by atoms with van der Waals surface area (Å²) < 4.78 is 24.0. The molecule has 0 aromatic heterocycles. The molecule has 0 N–H and O–H groups in total. The highest BCUT2D eigenvalue weighted by Gasteiger charge is 2.33. The van der Waals surface area contributed by atoms with Crippen LogP contribution in [0.4, 0.5) is 5.69 Å². The van der Waals surface area contributed by atoms with Crippen LogP contribution in [0.1, 0.15) is 18.9 Å². The maximum Gasteiger partial charge on any atom is 0.245 e. The first kappa shape index (κ1) is 14.8. The molecule has 1 amide bonds. The third-order valence-corrected chi connectivity index (χ3v) is 5.59. The first-order valence-corrected chi connectivity index (χ1v) is 8.40. The molecule has 0 spiro atoms. The summed E-state index contributed by atoms with van der Waals surface area (Å²) >= 11 is 0. The van der Waals surface area contributed by atoms with Gasteiger partial charge in [0.05, 0.1) is 5.75 Å². The van der Waals surface area contributed by atoms with Gasteiger partial charge in [0, 0.05) is 12.2 Å². The Morgan fingerprint density at radius 2 is 2.15 bits per heavy atom. The number of para-hydroxylation sites is 1. The minimum Gasteiger partial charge on any atom is -0.311 e. The van der Waals surface area contributed by atoms with Gasteiger partial charge in [-0.2, -0.15) is 0 Å². The number of benzene rings is 1. The van der Waals surface area contributed by atoms with Gasteiger partial charge in [0.2, 0.25) is 5.91 Å². The van der Waals surface area contributed by atoms with Crippen LogP contribution in [0.25, 0.3) is 0 Å². The topological polar surface area (TPSA) is 54.5 Å². The molecule has 108 valence electrons. The first-order chi connectivity index (χ1) is 9.47. The highest BCUT2D eigenvalue weighted by molar-refractivity contribution is 7.92. The summed E-state index contributed by atoms with van der Waals surface area (Å²) in [5.41, 5.74) is 1.94. The molecule has 5 heteroatoms. The third-order valence-electron chi connectivity index (χ3n) is 3.61. The molecule has 0 aliphatic carbocycles. The van der Waals surface area contributed by atoms with Crippen molar-refractivity contribution in [1.29, 1.82) is 0 Å². The number of nitrogens with zero attached hydrogens (tertiary/aromatic N) is 1. The lowest BCUT2D eigenvalue weighted by Gasteiger charge is -2.31. The Kier molecular flexibility index (Phi) is 4.28. The highest BCUT2D eigenvalue weighted by Crippen LogP contribution is 2.27. The zero-order valence-electron chi connectivity index (χ0n) is 11.6. The largest absolute Gasteiger partial charge is 0.311 e. The Morgan fingerprint density at radius 1 is 1.45 bits per heavy atom. The second-order valence-corrected chi connectivity index (χ2v) is 7.35. The van der Waals surface area contributed by atoms with Crippen LogP contribution in [-0.4, -0.2) is 31.9 Å². The van der Waals surface area contributed by atoms with Crippen molar-refractivity contribution in [3.8, 4) is 0 Å². The predicted octanol–water partition coefficient (Wildman–Crippen LogP) is 1.96. The number of hydrogen-bond acceptors (Lipinski definition) is 3. The number of sulfone groups is 1. The molecule has 0 bridgehead atoms. The summed E-state index contributed by atoms with van der Waals surface area (Å²) in [5, 5.41) is -1.04. The predicted molar refractivity (Wildman–Crippen MR) is 80.6 cm³/mol. The van der Waals surface area contributed by atoms with Crippen molar-refractivity contribution in [3.63, 3.8) is 0 Å². The van der Waals surface area contributed by atoms with Crippen LogP contribution in [0.15, 0.2) is 36.9 Å². The first-order valence-electron chi connectivity index (χ1n) is 6.69. The zero-order chi connectivity index (χ0) is 14.8. The Balaban J connectivity index is 2.29. The molecular formula is C15H19NO3S. The maximum atomic E-state index is 12.5. The number of rotatable bonds is 4. The van der Waals surface area contributed by atoms with E-state index in [2.05, 4.69) is 6.58 Å². The van der Waals surface area contributed by atoms with E-state index in [1.165, 1.54) is 13.0 Å². The van der Waals surface area contributed by atoms with Crippen molar-refractivity contribution in [2.75, 3.05) is 17.2 Å². The number of hydrogen-bond donors (Lipinski definition) is 0. The van der Waals surface area contributed by atoms with Crippen molar-refractivity contribution >= 4 is 21.4 Å².